The van der Waals surface area contributed by atoms with E-state index >= 15 is 0 Å². The molecule has 0 bridgehead atoms. The van der Waals surface area contributed by atoms with E-state index in [1.165, 1.54) is 11.1 Å². The van der Waals surface area contributed by atoms with Crippen molar-refractivity contribution < 1.29 is 4.79 Å². The molecule has 0 unspecified atom stereocenters. The van der Waals surface area contributed by atoms with Crippen LogP contribution in [0.1, 0.15) is 27.0 Å². The Labute approximate surface area is 195 Å². The fourth-order valence-corrected chi connectivity index (χ4v) is 4.85. The maximum Gasteiger partial charge on any atom is 0.250 e. The average Bonchev–Trinajstić information content (AvgIpc) is 3.17. The van der Waals surface area contributed by atoms with Crippen molar-refractivity contribution >= 4 is 38.8 Å². The van der Waals surface area contributed by atoms with Crippen LogP contribution in [0, 0.1) is 0 Å². The topological polar surface area (TPSA) is 55.5 Å². The number of carbonyl (C=O) groups is 1. The number of fused-ring (bicyclic) bond motifs is 3. The first-order valence-corrected chi connectivity index (χ1v) is 11.1. The van der Waals surface area contributed by atoms with Gasteiger partial charge in [0, 0.05) is 11.1 Å². The van der Waals surface area contributed by atoms with Gasteiger partial charge in [0.1, 0.15) is 0 Å². The van der Waals surface area contributed by atoms with Gasteiger partial charge in [0.25, 0.3) is 5.91 Å². The van der Waals surface area contributed by atoms with Crippen LogP contribution in [0.3, 0.4) is 0 Å². The van der Waals surface area contributed by atoms with Crippen molar-refractivity contribution in [3.05, 3.63) is 130 Å². The van der Waals surface area contributed by atoms with Crippen LogP contribution >= 0.6 is 15.9 Å². The lowest BCUT2D eigenvalue weighted by Crippen LogP contribution is -2.11. The van der Waals surface area contributed by atoms with E-state index in [1.54, 1.807) is 12.1 Å². The number of rotatable bonds is 4. The smallest absolute Gasteiger partial charge is 0.250 e. The highest BCUT2D eigenvalue weighted by atomic mass is 79.9. The third-order valence-electron chi connectivity index (χ3n) is 5.56. The Hall–Kier alpha value is -3.76. The number of allylic oxidation sites excluding steroid dienone is 1. The van der Waals surface area contributed by atoms with E-state index in [4.69, 9.17) is 10.7 Å². The molecule has 5 rings (SSSR count). The average molecular weight is 479 g/mol. The van der Waals surface area contributed by atoms with Crippen molar-refractivity contribution in [2.75, 3.05) is 0 Å². The lowest BCUT2D eigenvalue weighted by atomic mass is 9.99. The van der Waals surface area contributed by atoms with Crippen LogP contribution < -0.4 is 5.73 Å². The summed E-state index contributed by atoms with van der Waals surface area (Å²) in [6.07, 6.45) is 0. The zero-order valence-corrected chi connectivity index (χ0v) is 18.7. The predicted octanol–water partition coefficient (Wildman–Crippen LogP) is 6.74. The second-order valence-corrected chi connectivity index (χ2v) is 8.28. The molecule has 4 aromatic rings. The quantitative estimate of drug-likeness (QED) is 0.285. The zero-order chi connectivity index (χ0) is 22.1. The maximum absolute atomic E-state index is 12.0. The highest BCUT2D eigenvalue weighted by molar-refractivity contribution is 9.12. The fourth-order valence-electron chi connectivity index (χ4n) is 4.11. The van der Waals surface area contributed by atoms with Crippen molar-refractivity contribution in [1.29, 1.82) is 0 Å². The highest BCUT2D eigenvalue weighted by Crippen LogP contribution is 2.47. The van der Waals surface area contributed by atoms with Crippen LogP contribution in [0.5, 0.6) is 0 Å². The molecular weight excluding hydrogens is 460 g/mol. The summed E-state index contributed by atoms with van der Waals surface area (Å²) >= 11 is 3.90. The Morgan fingerprint density at radius 1 is 0.656 bits per heavy atom. The van der Waals surface area contributed by atoms with E-state index in [9.17, 15) is 4.79 Å². The van der Waals surface area contributed by atoms with E-state index in [2.05, 4.69) is 52.3 Å². The van der Waals surface area contributed by atoms with Gasteiger partial charge in [0.2, 0.25) is 0 Å². The van der Waals surface area contributed by atoms with Gasteiger partial charge < -0.3 is 5.73 Å². The molecule has 0 aliphatic heterocycles. The molecule has 0 atom stereocenters. The third kappa shape index (κ3) is 3.49. The molecule has 154 valence electrons. The number of hydrogen-bond acceptors (Lipinski definition) is 2. The third-order valence-corrected chi connectivity index (χ3v) is 6.33. The van der Waals surface area contributed by atoms with Crippen LogP contribution in [-0.2, 0) is 0 Å². The molecule has 0 spiro atoms. The molecule has 0 fully saturated rings. The molecule has 0 heterocycles. The molecule has 0 saturated carbocycles. The SMILES string of the molecule is NC(=O)c1ccccc1N=C(C(Br)=C1c2ccccc2-c2ccccc21)c1ccccc1. The second-order valence-electron chi connectivity index (χ2n) is 7.49. The lowest BCUT2D eigenvalue weighted by Gasteiger charge is -2.13. The molecule has 0 aromatic heterocycles. The van der Waals surface area contributed by atoms with Crippen LogP contribution in [0.4, 0.5) is 5.69 Å². The van der Waals surface area contributed by atoms with Crippen molar-refractivity contribution in [2.45, 2.75) is 0 Å². The van der Waals surface area contributed by atoms with E-state index in [-0.39, 0.29) is 0 Å². The molecule has 0 radical (unpaired) electrons. The van der Waals surface area contributed by atoms with Crippen molar-refractivity contribution in [2.24, 2.45) is 10.7 Å². The number of halogens is 1. The molecule has 32 heavy (non-hydrogen) atoms. The number of para-hydroxylation sites is 1. The van der Waals surface area contributed by atoms with Gasteiger partial charge in [0.05, 0.1) is 21.4 Å². The van der Waals surface area contributed by atoms with Gasteiger partial charge in [0.15, 0.2) is 0 Å². The molecule has 0 saturated heterocycles. The van der Waals surface area contributed by atoms with Crippen LogP contribution in [0.25, 0.3) is 16.7 Å². The van der Waals surface area contributed by atoms with Crippen molar-refractivity contribution in [3.63, 3.8) is 0 Å². The van der Waals surface area contributed by atoms with Gasteiger partial charge in [-0.2, -0.15) is 0 Å². The maximum atomic E-state index is 12.0. The number of amides is 1. The lowest BCUT2D eigenvalue weighted by molar-refractivity contribution is 0.100. The Bertz CT molecular complexity index is 1360. The summed E-state index contributed by atoms with van der Waals surface area (Å²) in [5.74, 6) is -0.503. The molecule has 2 N–H and O–H groups in total. The summed E-state index contributed by atoms with van der Waals surface area (Å²) in [6.45, 7) is 0. The summed E-state index contributed by atoms with van der Waals surface area (Å²) in [7, 11) is 0. The van der Waals surface area contributed by atoms with Crippen LogP contribution in [0.15, 0.2) is 113 Å². The number of carbonyl (C=O) groups excluding carboxylic acids is 1. The van der Waals surface area contributed by atoms with Gasteiger partial charge in [-0.15, -0.1) is 0 Å². The second kappa shape index (κ2) is 8.40. The minimum atomic E-state index is -0.503. The van der Waals surface area contributed by atoms with Crippen molar-refractivity contribution in [3.8, 4) is 11.1 Å². The molecule has 1 amide bonds. The number of nitrogens with zero attached hydrogens (tertiary/aromatic N) is 1. The fraction of sp³-hybridized carbons (Fsp3) is 0. The minimum absolute atomic E-state index is 0.387. The number of benzene rings is 4. The zero-order valence-electron chi connectivity index (χ0n) is 17.1. The largest absolute Gasteiger partial charge is 0.366 e. The molecule has 3 nitrogen and oxygen atoms in total. The number of hydrogen-bond donors (Lipinski definition) is 1. The molecule has 1 aliphatic rings. The first-order valence-electron chi connectivity index (χ1n) is 10.3. The standard InChI is InChI=1S/C28H19BrN2O/c29-26(25-21-14-6-4-12-19(21)20-13-5-7-15-22(20)25)27(18-10-2-1-3-11-18)31-24-17-9-8-16-23(24)28(30)32/h1-17H,(H2,30,32). The van der Waals surface area contributed by atoms with Gasteiger partial charge in [-0.1, -0.05) is 91.0 Å². The molecule has 1 aliphatic carbocycles. The summed E-state index contributed by atoms with van der Waals surface area (Å²) in [4.78, 5) is 17.0. The Morgan fingerprint density at radius 3 is 1.75 bits per heavy atom. The van der Waals surface area contributed by atoms with E-state index in [0.717, 1.165) is 32.5 Å². The Morgan fingerprint density at radius 2 is 1.16 bits per heavy atom. The normalized spacial score (nSPS) is 12.3. The molecule has 4 aromatic carbocycles. The Balaban J connectivity index is 1.81. The van der Waals surface area contributed by atoms with E-state index < -0.39 is 5.91 Å². The van der Waals surface area contributed by atoms with Gasteiger partial charge in [-0.25, -0.2) is 4.99 Å². The highest BCUT2D eigenvalue weighted by Gasteiger charge is 2.27. The van der Waals surface area contributed by atoms with Gasteiger partial charge >= 0.3 is 0 Å². The first kappa shape index (κ1) is 20.2. The monoisotopic (exact) mass is 478 g/mol. The summed E-state index contributed by atoms with van der Waals surface area (Å²) in [5, 5.41) is 0. The summed E-state index contributed by atoms with van der Waals surface area (Å²) < 4.78 is 0.861. The summed E-state index contributed by atoms with van der Waals surface area (Å²) in [5.41, 5.74) is 14.0. The number of aliphatic imine (C=N–C) groups is 1. The first-order chi connectivity index (χ1) is 15.6. The van der Waals surface area contributed by atoms with Crippen LogP contribution in [-0.4, -0.2) is 11.6 Å². The minimum Gasteiger partial charge on any atom is -0.366 e. The van der Waals surface area contributed by atoms with E-state index in [1.807, 2.05) is 54.6 Å². The summed E-state index contributed by atoms with van der Waals surface area (Å²) in [6, 6.07) is 33.9. The number of nitrogens with two attached hydrogens (primary N) is 1. The molecule has 4 heteroatoms. The van der Waals surface area contributed by atoms with E-state index in [0.29, 0.717) is 11.3 Å². The number of primary amides is 1. The van der Waals surface area contributed by atoms with Gasteiger partial charge in [-0.05, 0) is 50.3 Å². The molecular formula is C28H19BrN2O. The Kier molecular flexibility index (Phi) is 5.29. The van der Waals surface area contributed by atoms with Gasteiger partial charge in [-0.3, -0.25) is 4.79 Å². The van der Waals surface area contributed by atoms with Crippen molar-refractivity contribution in [1.82, 2.24) is 0 Å². The predicted molar refractivity (Wildman–Crippen MR) is 134 cm³/mol. The van der Waals surface area contributed by atoms with Crippen LogP contribution in [0.2, 0.25) is 0 Å².